The number of hydrogen-bond donors (Lipinski definition) is 2. The van der Waals surface area contributed by atoms with E-state index >= 15 is 0 Å². The van der Waals surface area contributed by atoms with E-state index in [-0.39, 0.29) is 11.4 Å². The molecule has 0 radical (unpaired) electrons. The quantitative estimate of drug-likeness (QED) is 0.627. The summed E-state index contributed by atoms with van der Waals surface area (Å²) in [6, 6.07) is 3.03. The molecule has 1 aromatic heterocycles. The lowest BCUT2D eigenvalue weighted by Crippen LogP contribution is -1.70. The van der Waals surface area contributed by atoms with Crippen LogP contribution in [0.15, 0.2) is 23.5 Å². The maximum atomic E-state index is 10.3. The Kier molecular flexibility index (Phi) is 1.30. The minimum absolute atomic E-state index is 0.0289. The number of aromatic hydroxyl groups is 1. The molecule has 1 aromatic carbocycles. The summed E-state index contributed by atoms with van der Waals surface area (Å²) >= 11 is 0. The Morgan fingerprint density at radius 3 is 3.08 bits per heavy atom. The Bertz CT molecular complexity index is 435. The van der Waals surface area contributed by atoms with E-state index in [1.165, 1.54) is 12.3 Å². The number of benzene rings is 1. The molecule has 0 saturated heterocycles. The molecule has 0 unspecified atom stereocenters. The fourth-order valence-electron chi connectivity index (χ4n) is 1.09. The first kappa shape index (κ1) is 6.78. The number of aromatic nitrogens is 2. The van der Waals surface area contributed by atoms with Crippen LogP contribution in [0.1, 0.15) is 0 Å². The van der Waals surface area contributed by atoms with Gasteiger partial charge in [-0.3, -0.25) is 5.10 Å². The van der Waals surface area contributed by atoms with E-state index < -0.39 is 0 Å². The minimum atomic E-state index is -0.126. The standard InChI is InChI=1S/C7H5N3O2/c11-6-2-1-5-4(3-8-9-5)7(6)10-12/h1-3,11H,(H,8,9). The number of fused-ring (bicyclic) bond motifs is 1. The van der Waals surface area contributed by atoms with Crippen molar-refractivity contribution in [2.75, 3.05) is 0 Å². The van der Waals surface area contributed by atoms with Crippen LogP contribution in [0.2, 0.25) is 0 Å². The second-order valence-corrected chi connectivity index (χ2v) is 2.36. The van der Waals surface area contributed by atoms with Crippen LogP contribution in [0.4, 0.5) is 5.69 Å². The van der Waals surface area contributed by atoms with Crippen molar-refractivity contribution in [2.24, 2.45) is 5.18 Å². The van der Waals surface area contributed by atoms with Crippen LogP contribution in [0.3, 0.4) is 0 Å². The molecular formula is C7H5N3O2. The molecule has 0 spiro atoms. The third kappa shape index (κ3) is 0.763. The summed E-state index contributed by atoms with van der Waals surface area (Å²) in [6.07, 6.45) is 1.45. The van der Waals surface area contributed by atoms with E-state index in [1.54, 1.807) is 6.07 Å². The lowest BCUT2D eigenvalue weighted by Gasteiger charge is -1.94. The predicted octanol–water partition coefficient (Wildman–Crippen LogP) is 1.67. The lowest BCUT2D eigenvalue weighted by molar-refractivity contribution is 0.477. The van der Waals surface area contributed by atoms with Gasteiger partial charge in [-0.05, 0) is 17.3 Å². The van der Waals surface area contributed by atoms with Crippen LogP contribution in [0, 0.1) is 4.91 Å². The highest BCUT2D eigenvalue weighted by Gasteiger charge is 2.07. The van der Waals surface area contributed by atoms with Crippen LogP contribution >= 0.6 is 0 Å². The smallest absolute Gasteiger partial charge is 0.160 e. The third-order valence-corrected chi connectivity index (χ3v) is 1.67. The third-order valence-electron chi connectivity index (χ3n) is 1.67. The van der Waals surface area contributed by atoms with Gasteiger partial charge in [0, 0.05) is 0 Å². The predicted molar refractivity (Wildman–Crippen MR) is 43.2 cm³/mol. The molecular weight excluding hydrogens is 158 g/mol. The van der Waals surface area contributed by atoms with Crippen LogP contribution in [0.5, 0.6) is 5.75 Å². The number of aromatic amines is 1. The molecule has 0 amide bonds. The normalized spacial score (nSPS) is 10.3. The van der Waals surface area contributed by atoms with E-state index in [9.17, 15) is 10.0 Å². The zero-order valence-corrected chi connectivity index (χ0v) is 5.98. The van der Waals surface area contributed by atoms with Crippen molar-refractivity contribution in [1.82, 2.24) is 10.2 Å². The van der Waals surface area contributed by atoms with Crippen molar-refractivity contribution in [3.63, 3.8) is 0 Å². The van der Waals surface area contributed by atoms with Crippen LogP contribution in [-0.4, -0.2) is 15.3 Å². The number of nitrogens with zero attached hydrogens (tertiary/aromatic N) is 2. The van der Waals surface area contributed by atoms with Gasteiger partial charge in [0.15, 0.2) is 5.69 Å². The SMILES string of the molecule is O=Nc1c(O)ccc2[nH]ncc12. The Labute approximate surface area is 67.0 Å². The zero-order valence-electron chi connectivity index (χ0n) is 5.98. The summed E-state index contributed by atoms with van der Waals surface area (Å²) in [5.74, 6) is -0.126. The fraction of sp³-hybridized carbons (Fsp3) is 0. The Morgan fingerprint density at radius 2 is 2.33 bits per heavy atom. The molecule has 60 valence electrons. The number of nitroso groups, excluding NO2 is 1. The number of phenols is 1. The van der Waals surface area contributed by atoms with Crippen molar-refractivity contribution in [3.8, 4) is 5.75 Å². The molecule has 2 N–H and O–H groups in total. The van der Waals surface area contributed by atoms with E-state index in [0.717, 1.165) is 0 Å². The van der Waals surface area contributed by atoms with Gasteiger partial charge in [-0.15, -0.1) is 4.91 Å². The molecule has 0 aliphatic carbocycles. The molecule has 12 heavy (non-hydrogen) atoms. The summed E-state index contributed by atoms with van der Waals surface area (Å²) in [6.45, 7) is 0. The highest BCUT2D eigenvalue weighted by molar-refractivity contribution is 5.92. The second kappa shape index (κ2) is 2.30. The number of rotatable bonds is 1. The molecule has 0 aliphatic rings. The highest BCUT2D eigenvalue weighted by Crippen LogP contribution is 2.33. The van der Waals surface area contributed by atoms with E-state index in [4.69, 9.17) is 0 Å². The van der Waals surface area contributed by atoms with Crippen molar-refractivity contribution < 1.29 is 5.11 Å². The van der Waals surface area contributed by atoms with Crippen molar-refractivity contribution >= 4 is 16.6 Å². The maximum absolute atomic E-state index is 10.3. The molecule has 0 aliphatic heterocycles. The first-order valence-corrected chi connectivity index (χ1v) is 3.31. The number of phenolic OH excluding ortho intramolecular Hbond substituents is 1. The van der Waals surface area contributed by atoms with E-state index in [0.29, 0.717) is 10.9 Å². The van der Waals surface area contributed by atoms with Gasteiger partial charge < -0.3 is 5.11 Å². The van der Waals surface area contributed by atoms with Gasteiger partial charge in [0.1, 0.15) is 5.75 Å². The molecule has 1 heterocycles. The molecule has 2 aromatic rings. The number of nitrogens with one attached hydrogen (secondary N) is 1. The largest absolute Gasteiger partial charge is 0.506 e. The summed E-state index contributed by atoms with van der Waals surface area (Å²) in [7, 11) is 0. The second-order valence-electron chi connectivity index (χ2n) is 2.36. The first-order chi connectivity index (χ1) is 5.83. The zero-order chi connectivity index (χ0) is 8.55. The number of hydrogen-bond acceptors (Lipinski definition) is 4. The lowest BCUT2D eigenvalue weighted by atomic mass is 10.2. The molecule has 0 saturated carbocycles. The van der Waals surface area contributed by atoms with Crippen molar-refractivity contribution in [1.29, 1.82) is 0 Å². The molecule has 5 heteroatoms. The topological polar surface area (TPSA) is 78.3 Å². The van der Waals surface area contributed by atoms with Crippen LogP contribution in [-0.2, 0) is 0 Å². The Balaban J connectivity index is 2.91. The average Bonchev–Trinajstić information content (AvgIpc) is 2.52. The summed E-state index contributed by atoms with van der Waals surface area (Å²) in [4.78, 5) is 10.3. The summed E-state index contributed by atoms with van der Waals surface area (Å²) in [5.41, 5.74) is 0.712. The van der Waals surface area contributed by atoms with Gasteiger partial charge in [0.2, 0.25) is 0 Å². The highest BCUT2D eigenvalue weighted by atomic mass is 16.3. The maximum Gasteiger partial charge on any atom is 0.160 e. The average molecular weight is 163 g/mol. The van der Waals surface area contributed by atoms with Crippen LogP contribution in [0.25, 0.3) is 10.9 Å². The van der Waals surface area contributed by atoms with E-state index in [2.05, 4.69) is 15.4 Å². The van der Waals surface area contributed by atoms with Crippen LogP contribution < -0.4 is 0 Å². The van der Waals surface area contributed by atoms with Crippen molar-refractivity contribution in [2.45, 2.75) is 0 Å². The van der Waals surface area contributed by atoms with Crippen molar-refractivity contribution in [3.05, 3.63) is 23.2 Å². The molecule has 0 atom stereocenters. The van der Waals surface area contributed by atoms with E-state index in [1.807, 2.05) is 0 Å². The summed E-state index contributed by atoms with van der Waals surface area (Å²) < 4.78 is 0. The van der Waals surface area contributed by atoms with Gasteiger partial charge in [-0.25, -0.2) is 0 Å². The number of H-pyrrole nitrogens is 1. The van der Waals surface area contributed by atoms with Gasteiger partial charge in [-0.1, -0.05) is 0 Å². The summed E-state index contributed by atoms with van der Waals surface area (Å²) in [5, 5.41) is 18.8. The minimum Gasteiger partial charge on any atom is -0.506 e. The van der Waals surface area contributed by atoms with Gasteiger partial charge >= 0.3 is 0 Å². The Hall–Kier alpha value is -1.91. The monoisotopic (exact) mass is 163 g/mol. The molecule has 5 nitrogen and oxygen atoms in total. The first-order valence-electron chi connectivity index (χ1n) is 3.31. The molecule has 0 bridgehead atoms. The molecule has 0 fully saturated rings. The van der Waals surface area contributed by atoms with Gasteiger partial charge in [0.25, 0.3) is 0 Å². The molecule has 2 rings (SSSR count). The fourth-order valence-corrected chi connectivity index (χ4v) is 1.09. The van der Waals surface area contributed by atoms with Gasteiger partial charge in [-0.2, -0.15) is 5.10 Å². The van der Waals surface area contributed by atoms with Gasteiger partial charge in [0.05, 0.1) is 17.1 Å². The Morgan fingerprint density at radius 1 is 1.50 bits per heavy atom.